The first-order valence-corrected chi connectivity index (χ1v) is 5.92. The highest BCUT2D eigenvalue weighted by Crippen LogP contribution is 2.23. The van der Waals surface area contributed by atoms with Crippen molar-refractivity contribution in [3.05, 3.63) is 28.2 Å². The van der Waals surface area contributed by atoms with E-state index in [1.54, 1.807) is 12.1 Å². The molecule has 0 saturated carbocycles. The molecule has 0 aliphatic rings. The molecule has 4 N–H and O–H groups in total. The van der Waals surface area contributed by atoms with E-state index in [9.17, 15) is 9.59 Å². The van der Waals surface area contributed by atoms with Crippen molar-refractivity contribution in [2.24, 2.45) is 0 Å². The Bertz CT molecular complexity index is 464. The highest BCUT2D eigenvalue weighted by Gasteiger charge is 2.14. The molecule has 1 atom stereocenters. The number of carbonyl (C=O) groups excluding carboxylic acids is 1. The summed E-state index contributed by atoms with van der Waals surface area (Å²) in [6.45, 7) is 1.47. The molecule has 0 saturated heterocycles. The maximum atomic E-state index is 11.5. The molecule has 7 heteroatoms. The summed E-state index contributed by atoms with van der Waals surface area (Å²) in [5, 5.41) is 22.3. The summed E-state index contributed by atoms with van der Waals surface area (Å²) in [5.41, 5.74) is 1.46. The number of carbonyl (C=O) groups is 2. The molecule has 0 heterocycles. The number of hydrogen-bond donors (Lipinski definition) is 4. The second kappa shape index (κ2) is 6.36. The zero-order chi connectivity index (χ0) is 13.7. The highest BCUT2D eigenvalue weighted by molar-refractivity contribution is 9.10. The third kappa shape index (κ3) is 4.01. The Hall–Kier alpha value is -1.60. The molecule has 1 rings (SSSR count). The number of carboxylic acids is 1. The average molecular weight is 317 g/mol. The van der Waals surface area contributed by atoms with E-state index in [4.69, 9.17) is 10.2 Å². The highest BCUT2D eigenvalue weighted by atomic mass is 79.9. The summed E-state index contributed by atoms with van der Waals surface area (Å²) in [5.74, 6) is -1.38. The van der Waals surface area contributed by atoms with Crippen LogP contribution in [0.25, 0.3) is 0 Å². The molecule has 2 amide bonds. The van der Waals surface area contributed by atoms with Crippen molar-refractivity contribution in [3.63, 3.8) is 0 Å². The summed E-state index contributed by atoms with van der Waals surface area (Å²) in [6, 6.07) is 4.75. The quantitative estimate of drug-likeness (QED) is 0.673. The standard InChI is InChI=1S/C11H13BrN2O4/c1-6-7(12)3-2-4-8(6)14-11(18)13-5-9(15)10(16)17/h2-4,9,15H,5H2,1H3,(H,16,17)(H2,13,14,18)/t9-/m0/s1. The Kier molecular flexibility index (Phi) is 5.11. The van der Waals surface area contributed by atoms with Gasteiger partial charge in [0.1, 0.15) is 0 Å². The number of urea groups is 1. The number of nitrogens with one attached hydrogen (secondary N) is 2. The lowest BCUT2D eigenvalue weighted by Crippen LogP contribution is -2.38. The number of amides is 2. The monoisotopic (exact) mass is 316 g/mol. The van der Waals surface area contributed by atoms with Gasteiger partial charge in [0.15, 0.2) is 6.10 Å². The van der Waals surface area contributed by atoms with Crippen LogP contribution in [0.4, 0.5) is 10.5 Å². The second-order valence-corrected chi connectivity index (χ2v) is 4.46. The molecule has 1 aromatic rings. The fraction of sp³-hybridized carbons (Fsp3) is 0.273. The van der Waals surface area contributed by atoms with Crippen LogP contribution in [0.3, 0.4) is 0 Å². The maximum absolute atomic E-state index is 11.5. The van der Waals surface area contributed by atoms with Crippen LogP contribution in [-0.2, 0) is 4.79 Å². The Morgan fingerprint density at radius 2 is 2.11 bits per heavy atom. The molecular weight excluding hydrogens is 304 g/mol. The number of anilines is 1. The van der Waals surface area contributed by atoms with Gasteiger partial charge in [0.2, 0.25) is 0 Å². The first-order chi connectivity index (χ1) is 8.41. The minimum Gasteiger partial charge on any atom is -0.479 e. The predicted molar refractivity (Wildman–Crippen MR) is 69.5 cm³/mol. The van der Waals surface area contributed by atoms with Gasteiger partial charge in [-0.3, -0.25) is 0 Å². The van der Waals surface area contributed by atoms with Gasteiger partial charge in [-0.05, 0) is 24.6 Å². The van der Waals surface area contributed by atoms with Gasteiger partial charge in [-0.15, -0.1) is 0 Å². The van der Waals surface area contributed by atoms with Gasteiger partial charge < -0.3 is 20.8 Å². The molecule has 0 aliphatic heterocycles. The first-order valence-electron chi connectivity index (χ1n) is 5.12. The van der Waals surface area contributed by atoms with Crippen LogP contribution in [0, 0.1) is 6.92 Å². The molecule has 6 nitrogen and oxygen atoms in total. The van der Waals surface area contributed by atoms with Gasteiger partial charge in [-0.2, -0.15) is 0 Å². The number of aliphatic carboxylic acids is 1. The van der Waals surface area contributed by atoms with Gasteiger partial charge in [0.05, 0.1) is 6.54 Å². The number of halogens is 1. The normalized spacial score (nSPS) is 11.7. The fourth-order valence-electron chi connectivity index (χ4n) is 1.19. The molecular formula is C11H13BrN2O4. The minimum absolute atomic E-state index is 0.353. The molecule has 98 valence electrons. The van der Waals surface area contributed by atoms with Gasteiger partial charge in [0, 0.05) is 10.2 Å². The summed E-state index contributed by atoms with van der Waals surface area (Å²) < 4.78 is 0.853. The van der Waals surface area contributed by atoms with Gasteiger partial charge in [-0.1, -0.05) is 22.0 Å². The van der Waals surface area contributed by atoms with E-state index in [2.05, 4.69) is 26.6 Å². The van der Waals surface area contributed by atoms with Crippen LogP contribution in [0.1, 0.15) is 5.56 Å². The number of aliphatic hydroxyl groups is 1. The van der Waals surface area contributed by atoms with Crippen LogP contribution in [-0.4, -0.2) is 34.9 Å². The van der Waals surface area contributed by atoms with Crippen molar-refractivity contribution in [3.8, 4) is 0 Å². The summed E-state index contributed by atoms with van der Waals surface area (Å²) >= 11 is 3.33. The second-order valence-electron chi connectivity index (χ2n) is 3.60. The summed E-state index contributed by atoms with van der Waals surface area (Å²) in [4.78, 5) is 21.8. The SMILES string of the molecule is Cc1c(Br)cccc1NC(=O)NC[C@H](O)C(=O)O. The Morgan fingerprint density at radius 1 is 1.44 bits per heavy atom. The Morgan fingerprint density at radius 3 is 2.72 bits per heavy atom. The first kappa shape index (κ1) is 14.5. The van der Waals surface area contributed by atoms with Crippen molar-refractivity contribution in [2.45, 2.75) is 13.0 Å². The molecule has 0 spiro atoms. The van der Waals surface area contributed by atoms with E-state index in [0.717, 1.165) is 10.0 Å². The van der Waals surface area contributed by atoms with E-state index in [0.29, 0.717) is 5.69 Å². The zero-order valence-electron chi connectivity index (χ0n) is 9.61. The van der Waals surface area contributed by atoms with E-state index in [1.807, 2.05) is 13.0 Å². The summed E-state index contributed by atoms with van der Waals surface area (Å²) in [6.07, 6.45) is -1.61. The molecule has 0 aromatic heterocycles. The molecule has 0 radical (unpaired) electrons. The average Bonchev–Trinajstić information content (AvgIpc) is 2.32. The lowest BCUT2D eigenvalue weighted by Gasteiger charge is -2.11. The van der Waals surface area contributed by atoms with Crippen LogP contribution in [0.5, 0.6) is 0 Å². The molecule has 0 bridgehead atoms. The number of benzene rings is 1. The van der Waals surface area contributed by atoms with Crippen molar-refractivity contribution in [1.29, 1.82) is 0 Å². The number of hydrogen-bond acceptors (Lipinski definition) is 3. The van der Waals surface area contributed by atoms with Crippen LogP contribution < -0.4 is 10.6 Å². The Balaban J connectivity index is 2.55. The third-order valence-electron chi connectivity index (χ3n) is 2.26. The largest absolute Gasteiger partial charge is 0.479 e. The molecule has 0 unspecified atom stereocenters. The molecule has 1 aromatic carbocycles. The Labute approximate surface area is 112 Å². The topological polar surface area (TPSA) is 98.7 Å². The van der Waals surface area contributed by atoms with Crippen molar-refractivity contribution < 1.29 is 19.8 Å². The molecule has 0 fully saturated rings. The van der Waals surface area contributed by atoms with Crippen LogP contribution in [0.15, 0.2) is 22.7 Å². The smallest absolute Gasteiger partial charge is 0.334 e. The van der Waals surface area contributed by atoms with E-state index >= 15 is 0 Å². The molecule has 18 heavy (non-hydrogen) atoms. The van der Waals surface area contributed by atoms with E-state index in [-0.39, 0.29) is 6.54 Å². The van der Waals surface area contributed by atoms with E-state index in [1.165, 1.54) is 0 Å². The third-order valence-corrected chi connectivity index (χ3v) is 3.12. The van der Waals surface area contributed by atoms with Crippen LogP contribution in [0.2, 0.25) is 0 Å². The van der Waals surface area contributed by atoms with Crippen molar-refractivity contribution in [1.82, 2.24) is 5.32 Å². The number of carboxylic acid groups (broad SMARTS) is 1. The maximum Gasteiger partial charge on any atom is 0.334 e. The number of aliphatic hydroxyl groups excluding tert-OH is 1. The van der Waals surface area contributed by atoms with Crippen molar-refractivity contribution >= 4 is 33.6 Å². The van der Waals surface area contributed by atoms with Crippen molar-refractivity contribution in [2.75, 3.05) is 11.9 Å². The zero-order valence-corrected chi connectivity index (χ0v) is 11.2. The van der Waals surface area contributed by atoms with Gasteiger partial charge >= 0.3 is 12.0 Å². The fourth-order valence-corrected chi connectivity index (χ4v) is 1.55. The van der Waals surface area contributed by atoms with E-state index < -0.39 is 18.1 Å². The van der Waals surface area contributed by atoms with Gasteiger partial charge in [0.25, 0.3) is 0 Å². The minimum atomic E-state index is -1.61. The lowest BCUT2D eigenvalue weighted by molar-refractivity contribution is -0.146. The molecule has 0 aliphatic carbocycles. The lowest BCUT2D eigenvalue weighted by atomic mass is 10.2. The van der Waals surface area contributed by atoms with Gasteiger partial charge in [-0.25, -0.2) is 9.59 Å². The van der Waals surface area contributed by atoms with Crippen LogP contribution >= 0.6 is 15.9 Å². The summed E-state index contributed by atoms with van der Waals surface area (Å²) in [7, 11) is 0. The number of rotatable bonds is 4. The predicted octanol–water partition coefficient (Wildman–Crippen LogP) is 1.32.